The molecule has 0 saturated heterocycles. The van der Waals surface area contributed by atoms with Gasteiger partial charge in [0.05, 0.1) is 5.69 Å². The molecule has 2 aromatic rings. The Kier molecular flexibility index (Phi) is 2.11. The minimum absolute atomic E-state index is 0.680. The lowest BCUT2D eigenvalue weighted by molar-refractivity contribution is 1.17. The number of fused-ring (bicyclic) bond motifs is 1. The second-order valence-corrected chi connectivity index (χ2v) is 3.74. The summed E-state index contributed by atoms with van der Waals surface area (Å²) in [5, 5.41) is 0. The van der Waals surface area contributed by atoms with Crippen molar-refractivity contribution in [1.82, 2.24) is 9.38 Å². The molecule has 0 aliphatic carbocycles. The molecular weight excluding hydrogens is 236 g/mol. The first-order valence-electron chi connectivity index (χ1n) is 3.53. The van der Waals surface area contributed by atoms with Gasteiger partial charge in [-0.2, -0.15) is 12.6 Å². The van der Waals surface area contributed by atoms with Crippen LogP contribution < -0.4 is 0 Å². The molecule has 2 aromatic heterocycles. The number of imidazole rings is 1. The number of aromatic nitrogens is 2. The van der Waals surface area contributed by atoms with Gasteiger partial charge in [-0.15, -0.1) is 0 Å². The van der Waals surface area contributed by atoms with Gasteiger partial charge in [0.15, 0.2) is 0 Å². The zero-order valence-electron chi connectivity index (χ0n) is 6.24. The SMILES string of the molecule is SCc1cn2cc(Br)ccc2n1. The summed E-state index contributed by atoms with van der Waals surface area (Å²) in [6.07, 6.45) is 3.96. The molecule has 0 fully saturated rings. The van der Waals surface area contributed by atoms with Crippen LogP contribution in [0.15, 0.2) is 29.0 Å². The zero-order chi connectivity index (χ0) is 8.55. The Bertz CT molecular complexity index is 410. The summed E-state index contributed by atoms with van der Waals surface area (Å²) in [6, 6.07) is 3.95. The van der Waals surface area contributed by atoms with Crippen LogP contribution in [0.1, 0.15) is 5.69 Å². The van der Waals surface area contributed by atoms with E-state index in [0.29, 0.717) is 5.75 Å². The summed E-state index contributed by atoms with van der Waals surface area (Å²) in [6.45, 7) is 0. The second kappa shape index (κ2) is 3.11. The van der Waals surface area contributed by atoms with Gasteiger partial charge < -0.3 is 4.40 Å². The highest BCUT2D eigenvalue weighted by atomic mass is 79.9. The van der Waals surface area contributed by atoms with Crippen molar-refractivity contribution >= 4 is 34.2 Å². The molecule has 0 unspecified atom stereocenters. The topological polar surface area (TPSA) is 17.3 Å². The average Bonchev–Trinajstić information content (AvgIpc) is 2.46. The number of halogens is 1. The molecule has 0 aromatic carbocycles. The highest BCUT2D eigenvalue weighted by Crippen LogP contribution is 2.12. The molecule has 62 valence electrons. The van der Waals surface area contributed by atoms with Crippen LogP contribution in [0.25, 0.3) is 5.65 Å². The lowest BCUT2D eigenvalue weighted by Crippen LogP contribution is -1.80. The summed E-state index contributed by atoms with van der Waals surface area (Å²) >= 11 is 7.55. The second-order valence-electron chi connectivity index (χ2n) is 2.50. The van der Waals surface area contributed by atoms with Gasteiger partial charge in [-0.3, -0.25) is 0 Å². The van der Waals surface area contributed by atoms with Crippen molar-refractivity contribution < 1.29 is 0 Å². The van der Waals surface area contributed by atoms with Crippen molar-refractivity contribution in [3.63, 3.8) is 0 Å². The maximum Gasteiger partial charge on any atom is 0.137 e. The molecular formula is C8H7BrN2S. The lowest BCUT2D eigenvalue weighted by Gasteiger charge is -1.91. The van der Waals surface area contributed by atoms with Crippen LogP contribution in [0.2, 0.25) is 0 Å². The first-order valence-corrected chi connectivity index (χ1v) is 4.96. The predicted molar refractivity (Wildman–Crippen MR) is 55.6 cm³/mol. The highest BCUT2D eigenvalue weighted by molar-refractivity contribution is 9.10. The van der Waals surface area contributed by atoms with Gasteiger partial charge in [-0.25, -0.2) is 4.98 Å². The van der Waals surface area contributed by atoms with Crippen molar-refractivity contribution in [3.8, 4) is 0 Å². The fourth-order valence-electron chi connectivity index (χ4n) is 1.09. The Morgan fingerprint density at radius 3 is 3.00 bits per heavy atom. The number of rotatable bonds is 1. The van der Waals surface area contributed by atoms with Gasteiger partial charge in [0.1, 0.15) is 5.65 Å². The van der Waals surface area contributed by atoms with Crippen LogP contribution in [0, 0.1) is 0 Å². The lowest BCUT2D eigenvalue weighted by atomic mass is 10.5. The van der Waals surface area contributed by atoms with E-state index in [1.807, 2.05) is 28.9 Å². The molecule has 0 atom stereocenters. The third-order valence-corrected chi connectivity index (χ3v) is 2.42. The summed E-state index contributed by atoms with van der Waals surface area (Å²) in [5.41, 5.74) is 1.96. The van der Waals surface area contributed by atoms with E-state index >= 15 is 0 Å². The fourth-order valence-corrected chi connectivity index (χ4v) is 1.60. The van der Waals surface area contributed by atoms with Crippen molar-refractivity contribution in [2.24, 2.45) is 0 Å². The van der Waals surface area contributed by atoms with Gasteiger partial charge in [0, 0.05) is 22.6 Å². The van der Waals surface area contributed by atoms with Gasteiger partial charge in [0.25, 0.3) is 0 Å². The Hall–Kier alpha value is -0.480. The normalized spacial score (nSPS) is 10.8. The minimum atomic E-state index is 0.680. The molecule has 0 aliphatic heterocycles. The standard InChI is InChI=1S/C8H7BrN2S/c9-6-1-2-8-10-7(5-12)4-11(8)3-6/h1-4,12H,5H2. The van der Waals surface area contributed by atoms with E-state index in [9.17, 15) is 0 Å². The molecule has 12 heavy (non-hydrogen) atoms. The van der Waals surface area contributed by atoms with E-state index in [4.69, 9.17) is 0 Å². The highest BCUT2D eigenvalue weighted by Gasteiger charge is 1.98. The monoisotopic (exact) mass is 242 g/mol. The molecule has 2 heterocycles. The number of hydrogen-bond acceptors (Lipinski definition) is 2. The molecule has 0 saturated carbocycles. The van der Waals surface area contributed by atoms with Crippen LogP contribution in [0.5, 0.6) is 0 Å². The van der Waals surface area contributed by atoms with Crippen molar-refractivity contribution in [1.29, 1.82) is 0 Å². The Labute approximate surface area is 84.2 Å². The van der Waals surface area contributed by atoms with Gasteiger partial charge in [0.2, 0.25) is 0 Å². The Balaban J connectivity index is 2.67. The predicted octanol–water partition coefficient (Wildman–Crippen LogP) is 2.53. The van der Waals surface area contributed by atoms with Crippen molar-refractivity contribution in [3.05, 3.63) is 34.7 Å². The summed E-state index contributed by atoms with van der Waals surface area (Å²) < 4.78 is 3.04. The molecule has 4 heteroatoms. The molecule has 2 rings (SSSR count). The van der Waals surface area contributed by atoms with E-state index in [0.717, 1.165) is 15.8 Å². The van der Waals surface area contributed by atoms with Crippen LogP contribution in [0.3, 0.4) is 0 Å². The fraction of sp³-hybridized carbons (Fsp3) is 0.125. The van der Waals surface area contributed by atoms with E-state index in [-0.39, 0.29) is 0 Å². The molecule has 0 N–H and O–H groups in total. The molecule has 0 spiro atoms. The number of thiol groups is 1. The zero-order valence-corrected chi connectivity index (χ0v) is 8.72. The quantitative estimate of drug-likeness (QED) is 0.762. The Morgan fingerprint density at radius 2 is 2.25 bits per heavy atom. The van der Waals surface area contributed by atoms with Crippen LogP contribution in [0.4, 0.5) is 0 Å². The minimum Gasteiger partial charge on any atom is -0.306 e. The van der Waals surface area contributed by atoms with E-state index in [2.05, 4.69) is 33.5 Å². The van der Waals surface area contributed by atoms with E-state index < -0.39 is 0 Å². The third-order valence-electron chi connectivity index (χ3n) is 1.63. The first kappa shape index (κ1) is 8.13. The molecule has 0 aliphatic rings. The van der Waals surface area contributed by atoms with Crippen molar-refractivity contribution in [2.75, 3.05) is 0 Å². The average molecular weight is 243 g/mol. The number of nitrogens with zero attached hydrogens (tertiary/aromatic N) is 2. The smallest absolute Gasteiger partial charge is 0.137 e. The molecule has 2 nitrogen and oxygen atoms in total. The largest absolute Gasteiger partial charge is 0.306 e. The maximum atomic E-state index is 4.34. The number of pyridine rings is 1. The third kappa shape index (κ3) is 1.36. The van der Waals surface area contributed by atoms with Crippen LogP contribution >= 0.6 is 28.6 Å². The Morgan fingerprint density at radius 1 is 1.42 bits per heavy atom. The van der Waals surface area contributed by atoms with Crippen LogP contribution in [-0.2, 0) is 5.75 Å². The van der Waals surface area contributed by atoms with Gasteiger partial charge >= 0.3 is 0 Å². The maximum absolute atomic E-state index is 4.34. The van der Waals surface area contributed by atoms with E-state index in [1.165, 1.54) is 0 Å². The number of hydrogen-bond donors (Lipinski definition) is 1. The van der Waals surface area contributed by atoms with Gasteiger partial charge in [-0.05, 0) is 28.1 Å². The van der Waals surface area contributed by atoms with Gasteiger partial charge in [-0.1, -0.05) is 0 Å². The summed E-state index contributed by atoms with van der Waals surface area (Å²) in [5.74, 6) is 0.680. The first-order chi connectivity index (χ1) is 5.79. The summed E-state index contributed by atoms with van der Waals surface area (Å²) in [4.78, 5) is 4.34. The van der Waals surface area contributed by atoms with Crippen LogP contribution in [-0.4, -0.2) is 9.38 Å². The van der Waals surface area contributed by atoms with Crippen molar-refractivity contribution in [2.45, 2.75) is 5.75 Å². The summed E-state index contributed by atoms with van der Waals surface area (Å²) in [7, 11) is 0. The molecule has 0 radical (unpaired) electrons. The van der Waals surface area contributed by atoms with E-state index in [1.54, 1.807) is 0 Å². The molecule has 0 bridgehead atoms. The molecule has 0 amide bonds.